The summed E-state index contributed by atoms with van der Waals surface area (Å²) in [6.45, 7) is 0.517. The Morgan fingerprint density at radius 1 is 1.33 bits per heavy atom. The molecule has 0 heterocycles. The standard InChI is InChI=1S/C13H19NO3S/c1-18(16,17)12-7-5-10(6-8-12)13(15)9-14-11-3-2-4-11/h5-8,11,13-15H,2-4,9H2,1H3. The highest BCUT2D eigenvalue weighted by atomic mass is 32.2. The molecular weight excluding hydrogens is 250 g/mol. The van der Waals surface area contributed by atoms with Crippen molar-refractivity contribution < 1.29 is 13.5 Å². The zero-order chi connectivity index (χ0) is 13.2. The molecule has 1 unspecified atom stereocenters. The lowest BCUT2D eigenvalue weighted by molar-refractivity contribution is 0.161. The van der Waals surface area contributed by atoms with Crippen molar-refractivity contribution in [3.63, 3.8) is 0 Å². The highest BCUT2D eigenvalue weighted by molar-refractivity contribution is 7.90. The lowest BCUT2D eigenvalue weighted by Crippen LogP contribution is -2.37. The van der Waals surface area contributed by atoms with Gasteiger partial charge in [-0.25, -0.2) is 8.42 Å². The Morgan fingerprint density at radius 3 is 2.39 bits per heavy atom. The van der Waals surface area contributed by atoms with Crippen LogP contribution >= 0.6 is 0 Å². The van der Waals surface area contributed by atoms with Gasteiger partial charge in [-0.2, -0.15) is 0 Å². The van der Waals surface area contributed by atoms with E-state index in [1.54, 1.807) is 12.1 Å². The van der Waals surface area contributed by atoms with Gasteiger partial charge in [0.25, 0.3) is 0 Å². The fourth-order valence-corrected chi connectivity index (χ4v) is 2.58. The van der Waals surface area contributed by atoms with Crippen LogP contribution in [0.3, 0.4) is 0 Å². The molecule has 0 aromatic heterocycles. The first kappa shape index (κ1) is 13.5. The van der Waals surface area contributed by atoms with E-state index in [0.717, 1.165) is 5.56 Å². The number of benzene rings is 1. The molecule has 0 aliphatic heterocycles. The Labute approximate surface area is 108 Å². The van der Waals surface area contributed by atoms with Gasteiger partial charge >= 0.3 is 0 Å². The van der Waals surface area contributed by atoms with Crippen LogP contribution in [0, 0.1) is 0 Å². The summed E-state index contributed by atoms with van der Waals surface area (Å²) in [4.78, 5) is 0.283. The molecule has 0 saturated heterocycles. The summed E-state index contributed by atoms with van der Waals surface area (Å²) in [5, 5.41) is 13.3. The van der Waals surface area contributed by atoms with Crippen molar-refractivity contribution in [1.29, 1.82) is 0 Å². The summed E-state index contributed by atoms with van der Waals surface area (Å²) in [5.74, 6) is 0. The minimum absolute atomic E-state index is 0.283. The number of rotatable bonds is 5. The van der Waals surface area contributed by atoms with Gasteiger partial charge in [0.1, 0.15) is 0 Å². The maximum atomic E-state index is 11.3. The van der Waals surface area contributed by atoms with Crippen LogP contribution < -0.4 is 5.32 Å². The number of sulfone groups is 1. The van der Waals surface area contributed by atoms with Gasteiger partial charge in [-0.15, -0.1) is 0 Å². The molecule has 0 spiro atoms. The van der Waals surface area contributed by atoms with Gasteiger partial charge in [0.15, 0.2) is 9.84 Å². The summed E-state index contributed by atoms with van der Waals surface area (Å²) >= 11 is 0. The van der Waals surface area contributed by atoms with Gasteiger partial charge < -0.3 is 10.4 Å². The fraction of sp³-hybridized carbons (Fsp3) is 0.538. The Hall–Kier alpha value is -0.910. The van der Waals surface area contributed by atoms with Crippen LogP contribution in [0.5, 0.6) is 0 Å². The van der Waals surface area contributed by atoms with Crippen LogP contribution in [0.2, 0.25) is 0 Å². The zero-order valence-corrected chi connectivity index (χ0v) is 11.3. The van der Waals surface area contributed by atoms with E-state index in [0.29, 0.717) is 12.6 Å². The van der Waals surface area contributed by atoms with Crippen molar-refractivity contribution in [3.8, 4) is 0 Å². The quantitative estimate of drug-likeness (QED) is 0.844. The third kappa shape index (κ3) is 3.31. The Balaban J connectivity index is 1.95. The second-order valence-corrected chi connectivity index (χ2v) is 6.91. The zero-order valence-electron chi connectivity index (χ0n) is 10.5. The third-order valence-electron chi connectivity index (χ3n) is 3.40. The minimum atomic E-state index is -3.16. The molecule has 2 N–H and O–H groups in total. The van der Waals surface area contributed by atoms with E-state index in [4.69, 9.17) is 0 Å². The monoisotopic (exact) mass is 269 g/mol. The van der Waals surface area contributed by atoms with Crippen LogP contribution in [-0.2, 0) is 9.84 Å². The maximum absolute atomic E-state index is 11.3. The van der Waals surface area contributed by atoms with Gasteiger partial charge in [0, 0.05) is 18.8 Å². The largest absolute Gasteiger partial charge is 0.387 e. The first-order valence-corrected chi connectivity index (χ1v) is 8.07. The molecule has 0 amide bonds. The van der Waals surface area contributed by atoms with Crippen LogP contribution in [0.1, 0.15) is 30.9 Å². The molecule has 0 radical (unpaired) electrons. The Bertz CT molecular complexity index is 491. The fourth-order valence-electron chi connectivity index (χ4n) is 1.95. The summed E-state index contributed by atoms with van der Waals surface area (Å²) < 4.78 is 22.6. The van der Waals surface area contributed by atoms with Gasteiger partial charge in [-0.3, -0.25) is 0 Å². The molecule has 1 atom stereocenters. The molecule has 5 heteroatoms. The second-order valence-electron chi connectivity index (χ2n) is 4.89. The first-order valence-electron chi connectivity index (χ1n) is 6.18. The van der Waals surface area contributed by atoms with E-state index in [2.05, 4.69) is 5.32 Å². The number of aliphatic hydroxyl groups excluding tert-OH is 1. The third-order valence-corrected chi connectivity index (χ3v) is 4.53. The molecule has 1 saturated carbocycles. The van der Waals surface area contributed by atoms with Crippen LogP contribution in [0.25, 0.3) is 0 Å². The van der Waals surface area contributed by atoms with E-state index >= 15 is 0 Å². The predicted molar refractivity (Wildman–Crippen MR) is 70.2 cm³/mol. The van der Waals surface area contributed by atoms with E-state index < -0.39 is 15.9 Å². The normalized spacial score (nSPS) is 18.3. The summed E-state index contributed by atoms with van der Waals surface area (Å²) in [7, 11) is -3.16. The predicted octanol–water partition coefficient (Wildman–Crippen LogP) is 1.27. The van der Waals surface area contributed by atoms with E-state index in [9.17, 15) is 13.5 Å². The number of nitrogens with one attached hydrogen (secondary N) is 1. The van der Waals surface area contributed by atoms with Gasteiger partial charge in [-0.1, -0.05) is 18.6 Å². The molecule has 1 aliphatic carbocycles. The summed E-state index contributed by atoms with van der Waals surface area (Å²) in [5.41, 5.74) is 0.745. The SMILES string of the molecule is CS(=O)(=O)c1ccc(C(O)CNC2CCC2)cc1. The Morgan fingerprint density at radius 2 is 1.94 bits per heavy atom. The summed E-state index contributed by atoms with van der Waals surface area (Å²) in [6.07, 6.45) is 4.21. The van der Waals surface area contributed by atoms with E-state index in [-0.39, 0.29) is 4.90 Å². The Kier molecular flexibility index (Phi) is 4.04. The first-order chi connectivity index (χ1) is 8.47. The molecule has 1 aromatic carbocycles. The molecule has 1 aliphatic rings. The van der Waals surface area contributed by atoms with Crippen molar-refractivity contribution in [2.45, 2.75) is 36.3 Å². The lowest BCUT2D eigenvalue weighted by atomic mass is 9.93. The molecule has 100 valence electrons. The molecule has 4 nitrogen and oxygen atoms in total. The molecular formula is C13H19NO3S. The molecule has 1 aromatic rings. The van der Waals surface area contributed by atoms with Crippen LogP contribution in [0.15, 0.2) is 29.2 Å². The van der Waals surface area contributed by atoms with E-state index in [1.165, 1.54) is 37.7 Å². The number of hydrogen-bond donors (Lipinski definition) is 2. The van der Waals surface area contributed by atoms with Gasteiger partial charge in [0.2, 0.25) is 0 Å². The van der Waals surface area contributed by atoms with Crippen molar-refractivity contribution in [2.75, 3.05) is 12.8 Å². The molecule has 1 fully saturated rings. The highest BCUT2D eigenvalue weighted by Crippen LogP contribution is 2.20. The van der Waals surface area contributed by atoms with Crippen molar-refractivity contribution in [1.82, 2.24) is 5.32 Å². The number of aliphatic hydroxyl groups is 1. The lowest BCUT2D eigenvalue weighted by Gasteiger charge is -2.27. The molecule has 2 rings (SSSR count). The average molecular weight is 269 g/mol. The topological polar surface area (TPSA) is 66.4 Å². The average Bonchev–Trinajstić information content (AvgIpc) is 2.26. The smallest absolute Gasteiger partial charge is 0.175 e. The highest BCUT2D eigenvalue weighted by Gasteiger charge is 2.18. The van der Waals surface area contributed by atoms with E-state index in [1.807, 2.05) is 0 Å². The van der Waals surface area contributed by atoms with Gasteiger partial charge in [0.05, 0.1) is 11.0 Å². The van der Waals surface area contributed by atoms with Crippen molar-refractivity contribution in [3.05, 3.63) is 29.8 Å². The number of hydrogen-bond acceptors (Lipinski definition) is 4. The van der Waals surface area contributed by atoms with Crippen molar-refractivity contribution >= 4 is 9.84 Å². The summed E-state index contributed by atoms with van der Waals surface area (Å²) in [6, 6.07) is 6.96. The second kappa shape index (κ2) is 5.38. The van der Waals surface area contributed by atoms with Crippen LogP contribution in [-0.4, -0.2) is 32.4 Å². The molecule has 0 bridgehead atoms. The maximum Gasteiger partial charge on any atom is 0.175 e. The van der Waals surface area contributed by atoms with Crippen LogP contribution in [0.4, 0.5) is 0 Å². The van der Waals surface area contributed by atoms with Crippen molar-refractivity contribution in [2.24, 2.45) is 0 Å². The molecule has 18 heavy (non-hydrogen) atoms. The van der Waals surface area contributed by atoms with Gasteiger partial charge in [-0.05, 0) is 30.5 Å². The minimum Gasteiger partial charge on any atom is -0.387 e.